The normalized spacial score (nSPS) is 15.5. The van der Waals surface area contributed by atoms with Crippen LogP contribution in [0.2, 0.25) is 0 Å². The molecule has 5 heteroatoms. The number of rotatable bonds is 5. The Morgan fingerprint density at radius 3 is 3.19 bits per heavy atom. The number of nitrogens with one attached hydrogen (secondary N) is 1. The van der Waals surface area contributed by atoms with Crippen molar-refractivity contribution in [1.29, 1.82) is 0 Å². The van der Waals surface area contributed by atoms with Gasteiger partial charge in [0.25, 0.3) is 0 Å². The van der Waals surface area contributed by atoms with E-state index in [1.807, 2.05) is 12.3 Å². The van der Waals surface area contributed by atoms with E-state index in [-0.39, 0.29) is 0 Å². The SMILES string of the molecule is c1cc(CNC2CC2)n(Cc2ncon2)c1. The maximum absolute atomic E-state index is 4.72. The zero-order valence-electron chi connectivity index (χ0n) is 8.97. The highest BCUT2D eigenvalue weighted by Crippen LogP contribution is 2.19. The fourth-order valence-electron chi connectivity index (χ4n) is 1.71. The highest BCUT2D eigenvalue weighted by molar-refractivity contribution is 5.09. The Hall–Kier alpha value is -1.62. The molecule has 0 amide bonds. The Morgan fingerprint density at radius 2 is 2.44 bits per heavy atom. The summed E-state index contributed by atoms with van der Waals surface area (Å²) < 4.78 is 6.86. The molecule has 0 unspecified atom stereocenters. The van der Waals surface area contributed by atoms with Crippen LogP contribution in [0.1, 0.15) is 24.4 Å². The molecule has 0 spiro atoms. The van der Waals surface area contributed by atoms with Gasteiger partial charge in [-0.05, 0) is 25.0 Å². The molecule has 0 bridgehead atoms. The lowest BCUT2D eigenvalue weighted by atomic mass is 10.4. The quantitative estimate of drug-likeness (QED) is 0.818. The molecule has 0 radical (unpaired) electrons. The predicted molar refractivity (Wildman–Crippen MR) is 57.7 cm³/mol. The minimum atomic E-state index is 0.672. The lowest BCUT2D eigenvalue weighted by Gasteiger charge is -2.07. The van der Waals surface area contributed by atoms with Crippen LogP contribution in [0.25, 0.3) is 0 Å². The largest absolute Gasteiger partial charge is 0.343 e. The van der Waals surface area contributed by atoms with Gasteiger partial charge in [-0.2, -0.15) is 4.98 Å². The van der Waals surface area contributed by atoms with Crippen LogP contribution >= 0.6 is 0 Å². The van der Waals surface area contributed by atoms with Gasteiger partial charge in [-0.3, -0.25) is 0 Å². The molecule has 2 aromatic heterocycles. The summed E-state index contributed by atoms with van der Waals surface area (Å²) in [6.45, 7) is 1.58. The minimum absolute atomic E-state index is 0.672. The van der Waals surface area contributed by atoms with Gasteiger partial charge in [0.05, 0.1) is 6.54 Å². The maximum atomic E-state index is 4.72. The van der Waals surface area contributed by atoms with Crippen molar-refractivity contribution < 1.29 is 4.52 Å². The topological polar surface area (TPSA) is 55.9 Å². The molecule has 1 fully saturated rings. The minimum Gasteiger partial charge on any atom is -0.343 e. The number of hydrogen-bond acceptors (Lipinski definition) is 4. The number of nitrogens with zero attached hydrogens (tertiary/aromatic N) is 3. The summed E-state index contributed by atoms with van der Waals surface area (Å²) in [5.41, 5.74) is 1.26. The molecule has 3 rings (SSSR count). The zero-order chi connectivity index (χ0) is 10.8. The van der Waals surface area contributed by atoms with Crippen LogP contribution in [0, 0.1) is 0 Å². The lowest BCUT2D eigenvalue weighted by Crippen LogP contribution is -2.18. The fraction of sp³-hybridized carbons (Fsp3) is 0.455. The molecule has 1 N–H and O–H groups in total. The molecule has 2 heterocycles. The van der Waals surface area contributed by atoms with Crippen LogP contribution in [0.15, 0.2) is 29.2 Å². The van der Waals surface area contributed by atoms with Crippen LogP contribution in [0.5, 0.6) is 0 Å². The van der Waals surface area contributed by atoms with Crippen molar-refractivity contribution in [1.82, 2.24) is 20.0 Å². The summed E-state index contributed by atoms with van der Waals surface area (Å²) >= 11 is 0. The molecule has 84 valence electrons. The van der Waals surface area contributed by atoms with Gasteiger partial charge in [0.15, 0.2) is 5.82 Å². The molecule has 1 saturated carbocycles. The molecule has 1 aliphatic carbocycles. The van der Waals surface area contributed by atoms with Crippen LogP contribution < -0.4 is 5.32 Å². The molecule has 0 atom stereocenters. The molecular weight excluding hydrogens is 204 g/mol. The highest BCUT2D eigenvalue weighted by atomic mass is 16.5. The summed E-state index contributed by atoms with van der Waals surface area (Å²) in [6.07, 6.45) is 6.03. The second kappa shape index (κ2) is 4.09. The Balaban J connectivity index is 1.66. The van der Waals surface area contributed by atoms with Gasteiger partial charge in [0.2, 0.25) is 6.39 Å². The van der Waals surface area contributed by atoms with E-state index in [4.69, 9.17) is 4.52 Å². The maximum Gasteiger partial charge on any atom is 0.213 e. The van der Waals surface area contributed by atoms with Gasteiger partial charge in [-0.1, -0.05) is 5.16 Å². The second-order valence-corrected chi connectivity index (χ2v) is 4.13. The van der Waals surface area contributed by atoms with Crippen LogP contribution in [-0.4, -0.2) is 20.7 Å². The Morgan fingerprint density at radius 1 is 1.50 bits per heavy atom. The van der Waals surface area contributed by atoms with Crippen LogP contribution in [0.3, 0.4) is 0 Å². The fourth-order valence-corrected chi connectivity index (χ4v) is 1.71. The van der Waals surface area contributed by atoms with E-state index in [2.05, 4.69) is 26.1 Å². The van der Waals surface area contributed by atoms with Crippen molar-refractivity contribution in [3.8, 4) is 0 Å². The first kappa shape index (κ1) is 9.59. The molecule has 2 aromatic rings. The monoisotopic (exact) mass is 218 g/mol. The molecule has 16 heavy (non-hydrogen) atoms. The molecule has 0 saturated heterocycles. The van der Waals surface area contributed by atoms with Gasteiger partial charge in [0.1, 0.15) is 0 Å². The summed E-state index contributed by atoms with van der Waals surface area (Å²) in [4.78, 5) is 4.02. The van der Waals surface area contributed by atoms with Gasteiger partial charge in [0, 0.05) is 24.5 Å². The predicted octanol–water partition coefficient (Wildman–Crippen LogP) is 1.17. The van der Waals surface area contributed by atoms with Crippen molar-refractivity contribution in [2.45, 2.75) is 32.0 Å². The standard InChI is InChI=1S/C11H14N4O/c1-2-10(6-12-9-3-4-9)15(5-1)7-11-13-8-16-14-11/h1-2,5,8-9,12H,3-4,6-7H2. The van der Waals surface area contributed by atoms with E-state index in [0.29, 0.717) is 12.4 Å². The van der Waals surface area contributed by atoms with Crippen LogP contribution in [0.4, 0.5) is 0 Å². The van der Waals surface area contributed by atoms with E-state index in [1.54, 1.807) is 0 Å². The first-order chi connectivity index (χ1) is 7.92. The third-order valence-corrected chi connectivity index (χ3v) is 2.79. The third kappa shape index (κ3) is 2.14. The third-order valence-electron chi connectivity index (χ3n) is 2.79. The summed E-state index contributed by atoms with van der Waals surface area (Å²) in [6, 6.07) is 4.90. The van der Waals surface area contributed by atoms with Crippen molar-refractivity contribution in [3.05, 3.63) is 36.2 Å². The average Bonchev–Trinajstić information content (AvgIpc) is 2.79. The lowest BCUT2D eigenvalue weighted by molar-refractivity contribution is 0.407. The van der Waals surface area contributed by atoms with Crippen molar-refractivity contribution in [2.24, 2.45) is 0 Å². The Labute approximate surface area is 93.5 Å². The molecule has 0 aliphatic heterocycles. The first-order valence-corrected chi connectivity index (χ1v) is 5.54. The van der Waals surface area contributed by atoms with Gasteiger partial charge in [-0.15, -0.1) is 0 Å². The van der Waals surface area contributed by atoms with E-state index in [9.17, 15) is 0 Å². The van der Waals surface area contributed by atoms with Crippen molar-refractivity contribution in [3.63, 3.8) is 0 Å². The number of aromatic nitrogens is 3. The summed E-state index contributed by atoms with van der Waals surface area (Å²) in [5, 5.41) is 7.31. The van der Waals surface area contributed by atoms with Crippen LogP contribution in [-0.2, 0) is 13.1 Å². The smallest absolute Gasteiger partial charge is 0.213 e. The van der Waals surface area contributed by atoms with Gasteiger partial charge >= 0.3 is 0 Å². The van der Waals surface area contributed by atoms with Crippen molar-refractivity contribution >= 4 is 0 Å². The van der Waals surface area contributed by atoms with E-state index in [0.717, 1.165) is 12.6 Å². The molecular formula is C11H14N4O. The van der Waals surface area contributed by atoms with Gasteiger partial charge in [-0.25, -0.2) is 0 Å². The number of hydrogen-bond donors (Lipinski definition) is 1. The molecule has 1 aliphatic rings. The van der Waals surface area contributed by atoms with E-state index < -0.39 is 0 Å². The summed E-state index contributed by atoms with van der Waals surface area (Å²) in [7, 11) is 0. The van der Waals surface area contributed by atoms with Gasteiger partial charge < -0.3 is 14.4 Å². The molecule has 0 aromatic carbocycles. The second-order valence-electron chi connectivity index (χ2n) is 4.13. The molecule has 5 nitrogen and oxygen atoms in total. The highest BCUT2D eigenvalue weighted by Gasteiger charge is 2.20. The summed E-state index contributed by atoms with van der Waals surface area (Å²) in [5.74, 6) is 0.712. The van der Waals surface area contributed by atoms with Crippen molar-refractivity contribution in [2.75, 3.05) is 0 Å². The first-order valence-electron chi connectivity index (χ1n) is 5.54. The van der Waals surface area contributed by atoms with E-state index in [1.165, 1.54) is 24.9 Å². The Kier molecular flexibility index (Phi) is 2.46. The van der Waals surface area contributed by atoms with E-state index >= 15 is 0 Å². The Bertz CT molecular complexity index is 444. The average molecular weight is 218 g/mol. The zero-order valence-corrected chi connectivity index (χ0v) is 8.97.